The molecule has 3 fully saturated rings. The summed E-state index contributed by atoms with van der Waals surface area (Å²) < 4.78 is 39.5. The molecule has 0 aromatic heterocycles. The first kappa shape index (κ1) is 16.7. The molecule has 0 radical (unpaired) electrons. The summed E-state index contributed by atoms with van der Waals surface area (Å²) in [5.41, 5.74) is -1.82. The van der Waals surface area contributed by atoms with Crippen LogP contribution in [0.3, 0.4) is 0 Å². The number of aliphatic hydroxyl groups excluding tert-OH is 2. The lowest BCUT2D eigenvalue weighted by Crippen LogP contribution is -2.67. The van der Waals surface area contributed by atoms with Crippen LogP contribution in [0.4, 0.5) is 4.39 Å². The topological polar surface area (TPSA) is 74.6 Å². The van der Waals surface area contributed by atoms with Crippen molar-refractivity contribution in [1.82, 2.24) is 0 Å². The third-order valence-electron chi connectivity index (χ3n) is 8.19. The van der Waals surface area contributed by atoms with Gasteiger partial charge in [-0.3, -0.25) is 9.59 Å². The molecule has 4 aliphatic rings. The summed E-state index contributed by atoms with van der Waals surface area (Å²) in [6, 6.07) is 0. The molecule has 154 valence electrons. The van der Waals surface area contributed by atoms with Crippen molar-refractivity contribution in [2.24, 2.45) is 34.5 Å². The molecule has 6 heteroatoms. The van der Waals surface area contributed by atoms with Crippen LogP contribution in [-0.2, 0) is 9.59 Å². The number of carbonyl (C=O) groups excluding carboxylic acids is 2. The van der Waals surface area contributed by atoms with E-state index in [0.29, 0.717) is 0 Å². The van der Waals surface area contributed by atoms with E-state index in [-0.39, 0.29) is 30.6 Å². The van der Waals surface area contributed by atoms with Gasteiger partial charge in [-0.1, -0.05) is 26.8 Å². The Morgan fingerprint density at radius 3 is 2.75 bits per heavy atom. The number of aliphatic hydroxyl groups is 2. The molecule has 0 unspecified atom stereocenters. The molecule has 0 saturated heterocycles. The van der Waals surface area contributed by atoms with Crippen LogP contribution in [0.15, 0.2) is 23.8 Å². The minimum atomic E-state index is -2.44. The van der Waals surface area contributed by atoms with Crippen molar-refractivity contribution in [3.63, 3.8) is 0 Å². The molecule has 4 aliphatic carbocycles. The third kappa shape index (κ3) is 2.30. The number of Topliss-reactive ketones (excluding diaryl/α,β-unsaturated/α-hetero) is 1. The van der Waals surface area contributed by atoms with Crippen molar-refractivity contribution in [1.29, 1.82) is 0 Å². The van der Waals surface area contributed by atoms with Crippen molar-refractivity contribution >= 4 is 23.2 Å². The first-order valence-corrected chi connectivity index (χ1v) is 10.2. The lowest BCUT2D eigenvalue weighted by atomic mass is 9.46. The summed E-state index contributed by atoms with van der Waals surface area (Å²) in [7, 11) is 0. The maximum Gasteiger partial charge on any atom is 0.178 e. The molecule has 0 aromatic carbocycles. The molecule has 28 heavy (non-hydrogen) atoms. The van der Waals surface area contributed by atoms with Gasteiger partial charge in [0.15, 0.2) is 11.6 Å². The third-order valence-corrected chi connectivity index (χ3v) is 9.11. The number of fused-ring (bicyclic) bond motifs is 5. The Hall–Kier alpha value is -1.04. The zero-order valence-electron chi connectivity index (χ0n) is 19.0. The molecule has 0 bridgehead atoms. The summed E-state index contributed by atoms with van der Waals surface area (Å²) in [6.45, 7) is 0.258. The molecule has 0 aromatic rings. The van der Waals surface area contributed by atoms with E-state index in [1.807, 2.05) is 0 Å². The van der Waals surface area contributed by atoms with Crippen molar-refractivity contribution < 1.29 is 28.3 Å². The number of carbonyl (C=O) groups is 2. The second kappa shape index (κ2) is 6.23. The van der Waals surface area contributed by atoms with E-state index >= 15 is 4.39 Å². The highest BCUT2D eigenvalue weighted by atomic mass is 35.5. The van der Waals surface area contributed by atoms with Gasteiger partial charge in [0.25, 0.3) is 0 Å². The second-order valence-corrected chi connectivity index (χ2v) is 10.0. The van der Waals surface area contributed by atoms with Crippen molar-refractivity contribution in [3.05, 3.63) is 23.8 Å². The smallest absolute Gasteiger partial charge is 0.178 e. The normalized spacial score (nSPS) is 54.6. The predicted octanol–water partition coefficient (Wildman–Crippen LogP) is 3.00. The van der Waals surface area contributed by atoms with Crippen LogP contribution < -0.4 is 0 Å². The largest absolute Gasteiger partial charge is 0.391 e. The molecular formula is C22H28ClFO4. The van der Waals surface area contributed by atoms with Crippen LogP contribution in [-0.4, -0.2) is 45.5 Å². The minimum absolute atomic E-state index is 0.0578. The maximum atomic E-state index is 15.4. The number of allylic oxidation sites excluding steroid dienone is 4. The van der Waals surface area contributed by atoms with Crippen molar-refractivity contribution in [2.45, 2.75) is 57.1 Å². The molecule has 9 atom stereocenters. The van der Waals surface area contributed by atoms with E-state index in [1.54, 1.807) is 19.9 Å². The molecule has 4 rings (SSSR count). The highest BCUT2D eigenvalue weighted by Crippen LogP contribution is 2.70. The Kier molecular flexibility index (Phi) is 3.72. The predicted molar refractivity (Wildman–Crippen MR) is 104 cm³/mol. The Labute approximate surface area is 174 Å². The summed E-state index contributed by atoms with van der Waals surface area (Å²) in [5.74, 6) is -3.91. The average Bonchev–Trinajstić information content (AvgIpc) is 2.98. The number of hydrogen-bond acceptors (Lipinski definition) is 4. The highest BCUT2D eigenvalue weighted by Gasteiger charge is 2.71. The highest BCUT2D eigenvalue weighted by molar-refractivity contribution is 6.26. The SMILES string of the molecule is [2H]C([2H])([2H])[C@@H]1C[C@H]2[C@@H]3C[C@H](F)C4=CC(=O)C=C[C@]4(C)[C@@]3(Cl)[C@@H](O)C[C@]2(C)[C@H]1C(=O)CO. The van der Waals surface area contributed by atoms with Gasteiger partial charge in [-0.25, -0.2) is 4.39 Å². The van der Waals surface area contributed by atoms with Crippen LogP contribution in [0.1, 0.15) is 44.1 Å². The van der Waals surface area contributed by atoms with Gasteiger partial charge in [0, 0.05) is 15.4 Å². The van der Waals surface area contributed by atoms with Gasteiger partial charge in [0.05, 0.1) is 11.0 Å². The van der Waals surface area contributed by atoms with E-state index in [2.05, 4.69) is 0 Å². The number of ketones is 2. The van der Waals surface area contributed by atoms with Crippen molar-refractivity contribution in [2.75, 3.05) is 6.61 Å². The Balaban J connectivity index is 1.86. The van der Waals surface area contributed by atoms with E-state index in [0.717, 1.165) is 0 Å². The Morgan fingerprint density at radius 2 is 2.11 bits per heavy atom. The second-order valence-electron chi connectivity index (χ2n) is 9.39. The first-order valence-electron chi connectivity index (χ1n) is 11.3. The quantitative estimate of drug-likeness (QED) is 0.682. The van der Waals surface area contributed by atoms with Crippen LogP contribution >= 0.6 is 11.6 Å². The van der Waals surface area contributed by atoms with E-state index < -0.39 is 70.9 Å². The van der Waals surface area contributed by atoms with E-state index in [1.165, 1.54) is 12.2 Å². The summed E-state index contributed by atoms with van der Waals surface area (Å²) in [6.07, 6.45) is 1.66. The maximum absolute atomic E-state index is 15.4. The van der Waals surface area contributed by atoms with Gasteiger partial charge in [-0.15, -0.1) is 11.6 Å². The molecule has 2 N–H and O–H groups in total. The zero-order valence-corrected chi connectivity index (χ0v) is 16.7. The fraction of sp³-hybridized carbons (Fsp3) is 0.727. The van der Waals surface area contributed by atoms with Gasteiger partial charge in [0.2, 0.25) is 0 Å². The van der Waals surface area contributed by atoms with Crippen LogP contribution in [0.2, 0.25) is 0 Å². The van der Waals surface area contributed by atoms with Gasteiger partial charge in [-0.2, -0.15) is 0 Å². The molecule has 0 spiro atoms. The molecular weight excluding hydrogens is 383 g/mol. The van der Waals surface area contributed by atoms with E-state index in [4.69, 9.17) is 15.7 Å². The Morgan fingerprint density at radius 1 is 1.39 bits per heavy atom. The lowest BCUT2D eigenvalue weighted by molar-refractivity contribution is -0.140. The molecule has 4 nitrogen and oxygen atoms in total. The monoisotopic (exact) mass is 413 g/mol. The van der Waals surface area contributed by atoms with Gasteiger partial charge < -0.3 is 10.2 Å². The molecule has 0 aliphatic heterocycles. The van der Waals surface area contributed by atoms with Crippen LogP contribution in [0, 0.1) is 34.5 Å². The van der Waals surface area contributed by atoms with Gasteiger partial charge in [-0.05, 0) is 60.2 Å². The van der Waals surface area contributed by atoms with Crippen LogP contribution in [0.5, 0.6) is 0 Å². The lowest BCUT2D eigenvalue weighted by Gasteiger charge is -2.63. The molecule has 0 heterocycles. The van der Waals surface area contributed by atoms with Crippen molar-refractivity contribution in [3.8, 4) is 0 Å². The molecule has 3 saturated carbocycles. The number of alkyl halides is 2. The minimum Gasteiger partial charge on any atom is -0.391 e. The molecule has 0 amide bonds. The van der Waals surface area contributed by atoms with Crippen LogP contribution in [0.25, 0.3) is 0 Å². The first-order chi connectivity index (χ1) is 14.2. The number of halogens is 2. The van der Waals surface area contributed by atoms with Gasteiger partial charge >= 0.3 is 0 Å². The summed E-state index contributed by atoms with van der Waals surface area (Å²) >= 11 is 7.21. The average molecular weight is 414 g/mol. The Bertz CT molecular complexity index is 888. The summed E-state index contributed by atoms with van der Waals surface area (Å²) in [4.78, 5) is 23.3. The van der Waals surface area contributed by atoms with Gasteiger partial charge in [0.1, 0.15) is 12.8 Å². The fourth-order valence-electron chi connectivity index (χ4n) is 6.94. The zero-order chi connectivity index (χ0) is 23.1. The summed E-state index contributed by atoms with van der Waals surface area (Å²) in [5, 5.41) is 20.9. The van der Waals surface area contributed by atoms with E-state index in [9.17, 15) is 19.8 Å². The fourth-order valence-corrected chi connectivity index (χ4v) is 7.44. The number of hydrogen-bond donors (Lipinski definition) is 2. The standard InChI is InChI=1S/C22H28ClFO4/c1-11-6-13-14-8-16(24)15-7-12(26)4-5-21(15,3)22(14,23)18(28)9-20(13,2)19(11)17(27)10-25/h4-5,7,11,13-14,16,18-19,25,28H,6,8-10H2,1-3H3/t11-,13+,14+,16+,18+,19-,20+,21+,22+/m1/s1/i1D3. The number of rotatable bonds is 2.